The smallest absolute Gasteiger partial charge is 0.258 e. The first-order valence-corrected chi connectivity index (χ1v) is 7.66. The van der Waals surface area contributed by atoms with E-state index in [1.807, 2.05) is 4.57 Å². The molecule has 0 saturated carbocycles. The maximum absolute atomic E-state index is 12.8. The first kappa shape index (κ1) is 16.6. The molecule has 0 spiro atoms. The quantitative estimate of drug-likeness (QED) is 0.707. The third-order valence-electron chi connectivity index (χ3n) is 3.34. The third kappa shape index (κ3) is 4.60. The molecule has 0 fully saturated rings. The van der Waals surface area contributed by atoms with Gasteiger partial charge in [0.1, 0.15) is 11.6 Å². The van der Waals surface area contributed by atoms with Gasteiger partial charge in [-0.05, 0) is 30.3 Å². The lowest BCUT2D eigenvalue weighted by molar-refractivity contribution is -0.123. The second-order valence-electron chi connectivity index (χ2n) is 5.11. The topological polar surface area (TPSA) is 81.9 Å². The van der Waals surface area contributed by atoms with E-state index in [-0.39, 0.29) is 18.3 Å². The SMILES string of the molecule is O=C(COc1ccc(F)cc1)NCCn1ccnc1-c1ncccn1. The Balaban J connectivity index is 1.46. The second kappa shape index (κ2) is 8.00. The van der Waals surface area contributed by atoms with E-state index < -0.39 is 0 Å². The molecule has 25 heavy (non-hydrogen) atoms. The highest BCUT2D eigenvalue weighted by Gasteiger charge is 2.08. The molecule has 3 rings (SSSR count). The number of nitrogens with zero attached hydrogens (tertiary/aromatic N) is 4. The zero-order valence-electron chi connectivity index (χ0n) is 13.3. The minimum Gasteiger partial charge on any atom is -0.484 e. The van der Waals surface area contributed by atoms with E-state index in [4.69, 9.17) is 4.74 Å². The van der Waals surface area contributed by atoms with Crippen LogP contribution >= 0.6 is 0 Å². The number of carbonyl (C=O) groups excluding carboxylic acids is 1. The summed E-state index contributed by atoms with van der Waals surface area (Å²) in [6.07, 6.45) is 6.75. The van der Waals surface area contributed by atoms with Crippen LogP contribution in [-0.2, 0) is 11.3 Å². The summed E-state index contributed by atoms with van der Waals surface area (Å²) < 4.78 is 19.9. The predicted octanol–water partition coefficient (Wildman–Crippen LogP) is 1.67. The first-order valence-electron chi connectivity index (χ1n) is 7.66. The van der Waals surface area contributed by atoms with Gasteiger partial charge in [-0.1, -0.05) is 0 Å². The van der Waals surface area contributed by atoms with Crippen LogP contribution in [0.4, 0.5) is 4.39 Å². The maximum atomic E-state index is 12.8. The highest BCUT2D eigenvalue weighted by Crippen LogP contribution is 2.11. The van der Waals surface area contributed by atoms with Gasteiger partial charge >= 0.3 is 0 Å². The molecule has 0 bridgehead atoms. The zero-order chi connectivity index (χ0) is 17.5. The van der Waals surface area contributed by atoms with Crippen LogP contribution in [-0.4, -0.2) is 38.6 Å². The Labute approximate surface area is 143 Å². The monoisotopic (exact) mass is 341 g/mol. The van der Waals surface area contributed by atoms with E-state index in [2.05, 4.69) is 20.3 Å². The Morgan fingerprint density at radius 3 is 2.64 bits per heavy atom. The number of benzene rings is 1. The molecular formula is C17H16FN5O2. The van der Waals surface area contributed by atoms with Crippen molar-refractivity contribution in [3.63, 3.8) is 0 Å². The predicted molar refractivity (Wildman–Crippen MR) is 88.2 cm³/mol. The van der Waals surface area contributed by atoms with Crippen LogP contribution in [0.15, 0.2) is 55.1 Å². The van der Waals surface area contributed by atoms with Gasteiger partial charge in [-0.25, -0.2) is 19.3 Å². The van der Waals surface area contributed by atoms with E-state index >= 15 is 0 Å². The largest absolute Gasteiger partial charge is 0.484 e. The van der Waals surface area contributed by atoms with Crippen molar-refractivity contribution < 1.29 is 13.9 Å². The number of carbonyl (C=O) groups is 1. The summed E-state index contributed by atoms with van der Waals surface area (Å²) in [7, 11) is 0. The van der Waals surface area contributed by atoms with E-state index in [1.165, 1.54) is 24.3 Å². The number of aromatic nitrogens is 4. The fraction of sp³-hybridized carbons (Fsp3) is 0.176. The Morgan fingerprint density at radius 1 is 1.12 bits per heavy atom. The van der Waals surface area contributed by atoms with Gasteiger partial charge in [0.2, 0.25) is 0 Å². The van der Waals surface area contributed by atoms with Gasteiger partial charge in [0, 0.05) is 37.9 Å². The molecule has 0 unspecified atom stereocenters. The summed E-state index contributed by atoms with van der Waals surface area (Å²) in [6.45, 7) is 0.794. The van der Waals surface area contributed by atoms with Crippen molar-refractivity contribution in [3.05, 3.63) is 60.9 Å². The van der Waals surface area contributed by atoms with Gasteiger partial charge in [0.25, 0.3) is 5.91 Å². The van der Waals surface area contributed by atoms with Crippen LogP contribution < -0.4 is 10.1 Å². The zero-order valence-corrected chi connectivity index (χ0v) is 13.3. The van der Waals surface area contributed by atoms with E-state index in [9.17, 15) is 9.18 Å². The number of rotatable bonds is 7. The number of imidazole rings is 1. The second-order valence-corrected chi connectivity index (χ2v) is 5.11. The van der Waals surface area contributed by atoms with Crippen LogP contribution in [0.5, 0.6) is 5.75 Å². The summed E-state index contributed by atoms with van der Waals surface area (Å²) >= 11 is 0. The minimum absolute atomic E-state index is 0.135. The molecule has 0 aliphatic heterocycles. The average Bonchev–Trinajstić information content (AvgIpc) is 3.10. The summed E-state index contributed by atoms with van der Waals surface area (Å²) in [5.41, 5.74) is 0. The molecule has 0 aliphatic rings. The molecule has 0 radical (unpaired) electrons. The van der Waals surface area contributed by atoms with Crippen molar-refractivity contribution in [2.75, 3.05) is 13.2 Å². The fourth-order valence-electron chi connectivity index (χ4n) is 2.16. The van der Waals surface area contributed by atoms with Crippen molar-refractivity contribution in [1.82, 2.24) is 24.8 Å². The standard InChI is InChI=1S/C17H16FN5O2/c18-13-2-4-14(5-3-13)25-12-15(24)19-8-10-23-11-9-22-17(23)16-20-6-1-7-21-16/h1-7,9,11H,8,10,12H2,(H,19,24). The first-order chi connectivity index (χ1) is 12.2. The van der Waals surface area contributed by atoms with Crippen molar-refractivity contribution in [1.29, 1.82) is 0 Å². The van der Waals surface area contributed by atoms with Crippen molar-refractivity contribution in [2.24, 2.45) is 0 Å². The number of halogens is 1. The lowest BCUT2D eigenvalue weighted by atomic mass is 10.3. The molecule has 0 aliphatic carbocycles. The van der Waals surface area contributed by atoms with Gasteiger partial charge in [-0.3, -0.25) is 4.79 Å². The van der Waals surface area contributed by atoms with E-state index in [1.54, 1.807) is 30.9 Å². The van der Waals surface area contributed by atoms with Crippen LogP contribution in [0.1, 0.15) is 0 Å². The minimum atomic E-state index is -0.352. The number of amides is 1. The normalized spacial score (nSPS) is 10.4. The fourth-order valence-corrected chi connectivity index (χ4v) is 2.16. The molecule has 0 saturated heterocycles. The van der Waals surface area contributed by atoms with Crippen LogP contribution in [0.2, 0.25) is 0 Å². The van der Waals surface area contributed by atoms with E-state index in [0.29, 0.717) is 30.5 Å². The van der Waals surface area contributed by atoms with Gasteiger partial charge in [0.05, 0.1) is 0 Å². The lowest BCUT2D eigenvalue weighted by Crippen LogP contribution is -2.31. The Morgan fingerprint density at radius 2 is 1.88 bits per heavy atom. The number of hydrogen-bond donors (Lipinski definition) is 1. The molecule has 3 aromatic rings. The van der Waals surface area contributed by atoms with Crippen molar-refractivity contribution in [2.45, 2.75) is 6.54 Å². The third-order valence-corrected chi connectivity index (χ3v) is 3.34. The van der Waals surface area contributed by atoms with Crippen LogP contribution in [0, 0.1) is 5.82 Å². The molecule has 128 valence electrons. The van der Waals surface area contributed by atoms with Crippen LogP contribution in [0.3, 0.4) is 0 Å². The van der Waals surface area contributed by atoms with Gasteiger partial charge in [0.15, 0.2) is 18.3 Å². The Kier molecular flexibility index (Phi) is 5.30. The summed E-state index contributed by atoms with van der Waals surface area (Å²) in [6, 6.07) is 7.23. The maximum Gasteiger partial charge on any atom is 0.258 e. The Bertz CT molecular complexity index is 821. The molecule has 1 amide bonds. The van der Waals surface area contributed by atoms with Crippen molar-refractivity contribution >= 4 is 5.91 Å². The molecule has 0 atom stereocenters. The molecule has 7 nitrogen and oxygen atoms in total. The summed E-state index contributed by atoms with van der Waals surface area (Å²) in [5.74, 6) is 0.989. The van der Waals surface area contributed by atoms with Gasteiger partial charge in [-0.2, -0.15) is 0 Å². The highest BCUT2D eigenvalue weighted by molar-refractivity contribution is 5.77. The summed E-state index contributed by atoms with van der Waals surface area (Å²) in [5, 5.41) is 2.75. The van der Waals surface area contributed by atoms with Crippen molar-refractivity contribution in [3.8, 4) is 17.4 Å². The molecule has 2 heterocycles. The number of ether oxygens (including phenoxy) is 1. The molecular weight excluding hydrogens is 325 g/mol. The van der Waals surface area contributed by atoms with Gasteiger partial charge < -0.3 is 14.6 Å². The average molecular weight is 341 g/mol. The molecule has 8 heteroatoms. The molecule has 1 N–H and O–H groups in total. The van der Waals surface area contributed by atoms with Crippen LogP contribution in [0.25, 0.3) is 11.6 Å². The molecule has 1 aromatic carbocycles. The van der Waals surface area contributed by atoms with E-state index in [0.717, 1.165) is 0 Å². The number of nitrogens with one attached hydrogen (secondary N) is 1. The van der Waals surface area contributed by atoms with Gasteiger partial charge in [-0.15, -0.1) is 0 Å². The lowest BCUT2D eigenvalue weighted by Gasteiger charge is -2.09. The Hall–Kier alpha value is -3.29. The summed E-state index contributed by atoms with van der Waals surface area (Å²) in [4.78, 5) is 24.4. The molecule has 2 aromatic heterocycles. The highest BCUT2D eigenvalue weighted by atomic mass is 19.1. The number of hydrogen-bond acceptors (Lipinski definition) is 5.